The minimum absolute atomic E-state index is 0.00852. The molecule has 0 radical (unpaired) electrons. The van der Waals surface area contributed by atoms with Crippen molar-refractivity contribution >= 4 is 5.78 Å². The van der Waals surface area contributed by atoms with Crippen molar-refractivity contribution in [1.82, 2.24) is 5.32 Å². The zero-order chi connectivity index (χ0) is 10.7. The lowest BCUT2D eigenvalue weighted by molar-refractivity contribution is 0.0926. The van der Waals surface area contributed by atoms with Crippen LogP contribution in [-0.4, -0.2) is 18.4 Å². The number of carbonyl (C=O) groups is 1. The van der Waals surface area contributed by atoms with Gasteiger partial charge in [-0.3, -0.25) is 4.79 Å². The van der Waals surface area contributed by atoms with Gasteiger partial charge in [-0.1, -0.05) is 18.6 Å². The quantitative estimate of drug-likeness (QED) is 0.753. The Balaban J connectivity index is 2.12. The monoisotopic (exact) mass is 207 g/mol. The number of ketones is 1. The maximum absolute atomic E-state index is 12.9. The fourth-order valence-electron chi connectivity index (χ4n) is 1.92. The molecule has 1 aromatic carbocycles. The van der Waals surface area contributed by atoms with E-state index in [9.17, 15) is 9.18 Å². The summed E-state index contributed by atoms with van der Waals surface area (Å²) >= 11 is 0. The minimum atomic E-state index is -0.350. The molecule has 2 rings (SSSR count). The number of hydrogen-bond acceptors (Lipinski definition) is 2. The maximum Gasteiger partial charge on any atom is 0.179 e. The Morgan fingerprint density at radius 3 is 2.93 bits per heavy atom. The summed E-state index contributed by atoms with van der Waals surface area (Å²) in [5.41, 5.74) is 0.467. The second-order valence-electron chi connectivity index (χ2n) is 3.88. The van der Waals surface area contributed by atoms with Crippen LogP contribution in [0.25, 0.3) is 0 Å². The van der Waals surface area contributed by atoms with E-state index in [1.165, 1.54) is 12.1 Å². The first-order valence-electron chi connectivity index (χ1n) is 5.30. The Morgan fingerprint density at radius 2 is 2.27 bits per heavy atom. The molecule has 3 heteroatoms. The van der Waals surface area contributed by atoms with E-state index in [1.54, 1.807) is 12.1 Å². The van der Waals surface area contributed by atoms with Gasteiger partial charge in [-0.25, -0.2) is 4.39 Å². The first-order chi connectivity index (χ1) is 7.27. The molecule has 1 atom stereocenters. The predicted octanol–water partition coefficient (Wildman–Crippen LogP) is 2.15. The van der Waals surface area contributed by atoms with Crippen molar-refractivity contribution in [2.75, 3.05) is 6.54 Å². The number of nitrogens with one attached hydrogen (secondary N) is 1. The summed E-state index contributed by atoms with van der Waals surface area (Å²) in [6.45, 7) is 0.881. The van der Waals surface area contributed by atoms with Crippen LogP contribution in [0.15, 0.2) is 24.3 Å². The van der Waals surface area contributed by atoms with Gasteiger partial charge >= 0.3 is 0 Å². The van der Waals surface area contributed by atoms with Crippen molar-refractivity contribution in [2.24, 2.45) is 0 Å². The second kappa shape index (κ2) is 4.53. The Morgan fingerprint density at radius 1 is 1.40 bits per heavy atom. The molecule has 1 aromatic rings. The highest BCUT2D eigenvalue weighted by molar-refractivity contribution is 6.00. The SMILES string of the molecule is O=C(c1cccc(F)c1)C1CCCCN1. The van der Waals surface area contributed by atoms with Crippen LogP contribution in [0.3, 0.4) is 0 Å². The van der Waals surface area contributed by atoms with Gasteiger partial charge < -0.3 is 5.32 Å². The molecule has 1 aliphatic heterocycles. The molecule has 0 aliphatic carbocycles. The molecule has 0 amide bonds. The Kier molecular flexibility index (Phi) is 3.11. The van der Waals surface area contributed by atoms with Gasteiger partial charge in [0, 0.05) is 5.56 Å². The third-order valence-electron chi connectivity index (χ3n) is 2.74. The second-order valence-corrected chi connectivity index (χ2v) is 3.88. The standard InChI is InChI=1S/C12H14FNO/c13-10-5-3-4-9(8-10)12(15)11-6-1-2-7-14-11/h3-5,8,11,14H,1-2,6-7H2. The van der Waals surface area contributed by atoms with Gasteiger partial charge in [0.05, 0.1) is 6.04 Å². The Bertz CT molecular complexity index is 358. The predicted molar refractivity (Wildman–Crippen MR) is 56.4 cm³/mol. The van der Waals surface area contributed by atoms with E-state index in [0.717, 1.165) is 25.8 Å². The summed E-state index contributed by atoms with van der Waals surface area (Å²) in [6, 6.07) is 5.78. The molecule has 0 saturated carbocycles. The van der Waals surface area contributed by atoms with E-state index < -0.39 is 0 Å². The summed E-state index contributed by atoms with van der Waals surface area (Å²) in [5.74, 6) is -0.342. The molecule has 1 heterocycles. The smallest absolute Gasteiger partial charge is 0.179 e. The molecule has 1 fully saturated rings. The van der Waals surface area contributed by atoms with Gasteiger partial charge in [0.2, 0.25) is 0 Å². The molecule has 1 saturated heterocycles. The van der Waals surface area contributed by atoms with Gasteiger partial charge in [-0.2, -0.15) is 0 Å². The van der Waals surface area contributed by atoms with Crippen LogP contribution in [0, 0.1) is 5.82 Å². The van der Waals surface area contributed by atoms with Crippen molar-refractivity contribution in [3.8, 4) is 0 Å². The van der Waals surface area contributed by atoms with Gasteiger partial charge in [0.15, 0.2) is 5.78 Å². The molecule has 0 aromatic heterocycles. The number of hydrogen-bond donors (Lipinski definition) is 1. The number of benzene rings is 1. The van der Waals surface area contributed by atoms with E-state index in [4.69, 9.17) is 0 Å². The highest BCUT2D eigenvalue weighted by Gasteiger charge is 2.21. The van der Waals surface area contributed by atoms with Crippen molar-refractivity contribution < 1.29 is 9.18 Å². The van der Waals surface area contributed by atoms with Gasteiger partial charge in [0.25, 0.3) is 0 Å². The number of halogens is 1. The van der Waals surface area contributed by atoms with Crippen LogP contribution in [0.5, 0.6) is 0 Å². The highest BCUT2D eigenvalue weighted by atomic mass is 19.1. The summed E-state index contributed by atoms with van der Waals surface area (Å²) < 4.78 is 12.9. The molecule has 15 heavy (non-hydrogen) atoms. The fraction of sp³-hybridized carbons (Fsp3) is 0.417. The first kappa shape index (κ1) is 10.3. The minimum Gasteiger partial charge on any atom is -0.307 e. The van der Waals surface area contributed by atoms with Gasteiger partial charge in [0.1, 0.15) is 5.82 Å². The summed E-state index contributed by atoms with van der Waals surface area (Å²) in [4.78, 5) is 11.9. The summed E-state index contributed by atoms with van der Waals surface area (Å²) in [5, 5.41) is 3.16. The van der Waals surface area contributed by atoms with Crippen LogP contribution in [0.1, 0.15) is 29.6 Å². The Hall–Kier alpha value is -1.22. The summed E-state index contributed by atoms with van der Waals surface area (Å²) in [7, 11) is 0. The molecular formula is C12H14FNO. The number of piperidine rings is 1. The number of carbonyl (C=O) groups excluding carboxylic acids is 1. The fourth-order valence-corrected chi connectivity index (χ4v) is 1.92. The van der Waals surface area contributed by atoms with E-state index in [1.807, 2.05) is 0 Å². The van der Waals surface area contributed by atoms with Crippen LogP contribution in [0.4, 0.5) is 4.39 Å². The third kappa shape index (κ3) is 2.42. The Labute approximate surface area is 88.5 Å². The number of rotatable bonds is 2. The molecule has 1 N–H and O–H groups in total. The molecule has 1 unspecified atom stereocenters. The van der Waals surface area contributed by atoms with E-state index in [0.29, 0.717) is 5.56 Å². The molecule has 1 aliphatic rings. The number of Topliss-reactive ketones (excluding diaryl/α,β-unsaturated/α-hetero) is 1. The van der Waals surface area contributed by atoms with E-state index in [-0.39, 0.29) is 17.6 Å². The maximum atomic E-state index is 12.9. The van der Waals surface area contributed by atoms with Crippen molar-refractivity contribution in [1.29, 1.82) is 0 Å². The van der Waals surface area contributed by atoms with Crippen LogP contribution < -0.4 is 5.32 Å². The van der Waals surface area contributed by atoms with Crippen LogP contribution in [0.2, 0.25) is 0 Å². The summed E-state index contributed by atoms with van der Waals surface area (Å²) in [6.07, 6.45) is 3.04. The van der Waals surface area contributed by atoms with Crippen molar-refractivity contribution in [3.05, 3.63) is 35.6 Å². The van der Waals surface area contributed by atoms with Gasteiger partial charge in [-0.15, -0.1) is 0 Å². The molecule has 0 spiro atoms. The van der Waals surface area contributed by atoms with E-state index >= 15 is 0 Å². The van der Waals surface area contributed by atoms with Crippen LogP contribution in [-0.2, 0) is 0 Å². The topological polar surface area (TPSA) is 29.1 Å². The van der Waals surface area contributed by atoms with Gasteiger partial charge in [-0.05, 0) is 31.5 Å². The lowest BCUT2D eigenvalue weighted by Gasteiger charge is -2.22. The van der Waals surface area contributed by atoms with Crippen molar-refractivity contribution in [3.63, 3.8) is 0 Å². The highest BCUT2D eigenvalue weighted by Crippen LogP contribution is 2.13. The lowest BCUT2D eigenvalue weighted by Crippen LogP contribution is -2.40. The molecular weight excluding hydrogens is 193 g/mol. The average molecular weight is 207 g/mol. The first-order valence-corrected chi connectivity index (χ1v) is 5.30. The normalized spacial score (nSPS) is 21.3. The van der Waals surface area contributed by atoms with Crippen LogP contribution >= 0.6 is 0 Å². The zero-order valence-corrected chi connectivity index (χ0v) is 8.50. The average Bonchev–Trinajstić information content (AvgIpc) is 2.29. The van der Waals surface area contributed by atoms with E-state index in [2.05, 4.69) is 5.32 Å². The molecule has 2 nitrogen and oxygen atoms in total. The molecule has 0 bridgehead atoms. The molecule has 80 valence electrons. The van der Waals surface area contributed by atoms with Crippen molar-refractivity contribution in [2.45, 2.75) is 25.3 Å². The lowest BCUT2D eigenvalue weighted by atomic mass is 9.96. The zero-order valence-electron chi connectivity index (χ0n) is 8.50. The third-order valence-corrected chi connectivity index (χ3v) is 2.74. The largest absolute Gasteiger partial charge is 0.307 e.